The lowest BCUT2D eigenvalue weighted by atomic mass is 9.86. The third kappa shape index (κ3) is 7.60. The van der Waals surface area contributed by atoms with Gasteiger partial charge in [0.1, 0.15) is 0 Å². The molecule has 7 heteroatoms. The van der Waals surface area contributed by atoms with Crippen LogP contribution in [0.15, 0.2) is 28.7 Å². The van der Waals surface area contributed by atoms with Crippen molar-refractivity contribution >= 4 is 27.9 Å². The van der Waals surface area contributed by atoms with E-state index < -0.39 is 11.9 Å². The van der Waals surface area contributed by atoms with Crippen LogP contribution in [-0.2, 0) is 16.1 Å². The molecule has 1 aliphatic carbocycles. The van der Waals surface area contributed by atoms with E-state index in [9.17, 15) is 0 Å². The number of nitrogens with zero attached hydrogens (tertiary/aromatic N) is 2. The standard InChI is InChI=1S/C18H27BrN2.C2H2O4/c1-15-3-2-4-18(13-15)21-11-9-20(10-12-21)14-16-5-7-17(19)8-6-16;3-1(4)2(5)6/h5-8,15,18H,2-4,9-14H2,1H3;(H,3,4)(H,5,6). The predicted molar refractivity (Wildman–Crippen MR) is 108 cm³/mol. The molecule has 0 spiro atoms. The Morgan fingerprint density at radius 3 is 2.15 bits per heavy atom. The highest BCUT2D eigenvalue weighted by atomic mass is 79.9. The molecule has 0 bridgehead atoms. The summed E-state index contributed by atoms with van der Waals surface area (Å²) in [5.41, 5.74) is 1.43. The van der Waals surface area contributed by atoms with Gasteiger partial charge in [-0.1, -0.05) is 47.8 Å². The van der Waals surface area contributed by atoms with Crippen LogP contribution in [0.5, 0.6) is 0 Å². The summed E-state index contributed by atoms with van der Waals surface area (Å²) in [6.07, 6.45) is 5.73. The van der Waals surface area contributed by atoms with Gasteiger partial charge in [-0.05, 0) is 36.5 Å². The summed E-state index contributed by atoms with van der Waals surface area (Å²) in [7, 11) is 0. The molecule has 2 N–H and O–H groups in total. The number of hydrogen-bond acceptors (Lipinski definition) is 4. The van der Waals surface area contributed by atoms with Gasteiger partial charge >= 0.3 is 11.9 Å². The molecule has 0 aromatic heterocycles. The average molecular weight is 441 g/mol. The Bertz CT molecular complexity index is 603. The number of carboxylic acid groups (broad SMARTS) is 2. The molecule has 150 valence electrons. The molecular formula is C20H29BrN2O4. The number of rotatable bonds is 3. The highest BCUT2D eigenvalue weighted by Crippen LogP contribution is 2.28. The van der Waals surface area contributed by atoms with Gasteiger partial charge in [-0.3, -0.25) is 9.80 Å². The summed E-state index contributed by atoms with van der Waals surface area (Å²) in [5, 5.41) is 14.8. The summed E-state index contributed by atoms with van der Waals surface area (Å²) in [6, 6.07) is 9.63. The van der Waals surface area contributed by atoms with Crippen molar-refractivity contribution in [3.63, 3.8) is 0 Å². The lowest BCUT2D eigenvalue weighted by molar-refractivity contribution is -0.159. The van der Waals surface area contributed by atoms with Gasteiger partial charge < -0.3 is 10.2 Å². The second-order valence-electron chi connectivity index (χ2n) is 7.47. The molecule has 27 heavy (non-hydrogen) atoms. The molecule has 0 radical (unpaired) electrons. The van der Waals surface area contributed by atoms with Crippen molar-refractivity contribution in [2.24, 2.45) is 5.92 Å². The first-order chi connectivity index (χ1) is 12.8. The van der Waals surface area contributed by atoms with Crippen LogP contribution in [0.2, 0.25) is 0 Å². The van der Waals surface area contributed by atoms with Gasteiger partial charge in [0.05, 0.1) is 0 Å². The van der Waals surface area contributed by atoms with Crippen molar-refractivity contribution in [2.75, 3.05) is 26.2 Å². The number of halogens is 1. The van der Waals surface area contributed by atoms with Gasteiger partial charge in [-0.25, -0.2) is 9.59 Å². The van der Waals surface area contributed by atoms with Crippen LogP contribution in [0.4, 0.5) is 0 Å². The van der Waals surface area contributed by atoms with Crippen LogP contribution in [0.1, 0.15) is 38.2 Å². The number of carbonyl (C=O) groups is 2. The Balaban J connectivity index is 0.000000380. The van der Waals surface area contributed by atoms with E-state index in [1.165, 1.54) is 61.9 Å². The van der Waals surface area contributed by atoms with Crippen molar-refractivity contribution in [2.45, 2.75) is 45.2 Å². The molecule has 2 atom stereocenters. The van der Waals surface area contributed by atoms with Crippen molar-refractivity contribution in [1.82, 2.24) is 9.80 Å². The van der Waals surface area contributed by atoms with Crippen LogP contribution in [-0.4, -0.2) is 64.2 Å². The molecular weight excluding hydrogens is 412 g/mol. The zero-order valence-corrected chi connectivity index (χ0v) is 17.4. The number of carboxylic acids is 2. The quantitative estimate of drug-likeness (QED) is 0.701. The topological polar surface area (TPSA) is 81.1 Å². The first kappa shape index (κ1) is 21.9. The fourth-order valence-electron chi connectivity index (χ4n) is 3.87. The second kappa shape index (κ2) is 10.8. The van der Waals surface area contributed by atoms with E-state index in [0.29, 0.717) is 0 Å². The molecule has 1 aromatic rings. The van der Waals surface area contributed by atoms with E-state index in [2.05, 4.69) is 56.9 Å². The third-order valence-corrected chi connectivity index (χ3v) is 5.86. The highest BCUT2D eigenvalue weighted by Gasteiger charge is 2.27. The van der Waals surface area contributed by atoms with E-state index in [0.717, 1.165) is 18.5 Å². The molecule has 3 rings (SSSR count). The van der Waals surface area contributed by atoms with Crippen molar-refractivity contribution in [3.8, 4) is 0 Å². The van der Waals surface area contributed by atoms with Crippen LogP contribution >= 0.6 is 15.9 Å². The Hall–Kier alpha value is -1.44. The van der Waals surface area contributed by atoms with Crippen molar-refractivity contribution in [3.05, 3.63) is 34.3 Å². The first-order valence-corrected chi connectivity index (χ1v) is 10.3. The fourth-order valence-corrected chi connectivity index (χ4v) is 4.13. The smallest absolute Gasteiger partial charge is 0.414 e. The van der Waals surface area contributed by atoms with Crippen LogP contribution in [0.25, 0.3) is 0 Å². The van der Waals surface area contributed by atoms with Crippen LogP contribution in [0.3, 0.4) is 0 Å². The summed E-state index contributed by atoms with van der Waals surface area (Å²) in [6.45, 7) is 8.49. The normalized spacial score (nSPS) is 23.9. The van der Waals surface area contributed by atoms with Gasteiger partial charge in [0.2, 0.25) is 0 Å². The van der Waals surface area contributed by atoms with E-state index in [1.54, 1.807) is 0 Å². The molecule has 0 amide bonds. The summed E-state index contributed by atoms with van der Waals surface area (Å²) in [4.78, 5) is 23.6. The summed E-state index contributed by atoms with van der Waals surface area (Å²) >= 11 is 3.51. The van der Waals surface area contributed by atoms with E-state index in [4.69, 9.17) is 19.8 Å². The maximum Gasteiger partial charge on any atom is 0.414 e. The Morgan fingerprint density at radius 2 is 1.63 bits per heavy atom. The lowest BCUT2D eigenvalue weighted by Gasteiger charge is -2.42. The van der Waals surface area contributed by atoms with E-state index in [1.807, 2.05) is 0 Å². The van der Waals surface area contributed by atoms with Gasteiger partial charge in [0, 0.05) is 43.2 Å². The molecule has 1 saturated carbocycles. The van der Waals surface area contributed by atoms with Crippen molar-refractivity contribution < 1.29 is 19.8 Å². The minimum absolute atomic E-state index is 0.864. The predicted octanol–water partition coefficient (Wildman–Crippen LogP) is 3.30. The molecule has 2 fully saturated rings. The number of hydrogen-bond donors (Lipinski definition) is 2. The zero-order valence-electron chi connectivity index (χ0n) is 15.8. The number of aliphatic carboxylic acids is 2. The second-order valence-corrected chi connectivity index (χ2v) is 8.39. The fraction of sp³-hybridized carbons (Fsp3) is 0.600. The largest absolute Gasteiger partial charge is 0.473 e. The van der Waals surface area contributed by atoms with Gasteiger partial charge in [-0.15, -0.1) is 0 Å². The van der Waals surface area contributed by atoms with E-state index >= 15 is 0 Å². The van der Waals surface area contributed by atoms with Gasteiger partial charge in [0.25, 0.3) is 0 Å². The minimum Gasteiger partial charge on any atom is -0.473 e. The molecule has 1 aliphatic heterocycles. The maximum absolute atomic E-state index is 9.10. The first-order valence-electron chi connectivity index (χ1n) is 9.52. The number of piperazine rings is 1. The van der Waals surface area contributed by atoms with Gasteiger partial charge in [0.15, 0.2) is 0 Å². The Morgan fingerprint density at radius 1 is 1.04 bits per heavy atom. The lowest BCUT2D eigenvalue weighted by Crippen LogP contribution is -2.50. The van der Waals surface area contributed by atoms with Gasteiger partial charge in [-0.2, -0.15) is 0 Å². The third-order valence-electron chi connectivity index (χ3n) is 5.33. The Labute approximate surface area is 169 Å². The van der Waals surface area contributed by atoms with Crippen molar-refractivity contribution in [1.29, 1.82) is 0 Å². The summed E-state index contributed by atoms with van der Waals surface area (Å²) in [5.74, 6) is -2.71. The number of benzene rings is 1. The Kier molecular flexibility index (Phi) is 8.73. The zero-order chi connectivity index (χ0) is 19.8. The van der Waals surface area contributed by atoms with Crippen LogP contribution in [0, 0.1) is 5.92 Å². The van der Waals surface area contributed by atoms with E-state index in [-0.39, 0.29) is 0 Å². The highest BCUT2D eigenvalue weighted by molar-refractivity contribution is 9.10. The van der Waals surface area contributed by atoms with Crippen LogP contribution < -0.4 is 0 Å². The molecule has 1 saturated heterocycles. The summed E-state index contributed by atoms with van der Waals surface area (Å²) < 4.78 is 1.17. The minimum atomic E-state index is -1.82. The SMILES string of the molecule is CC1CCCC(N2CCN(Cc3ccc(Br)cc3)CC2)C1.O=C(O)C(=O)O. The maximum atomic E-state index is 9.10. The molecule has 2 unspecified atom stereocenters. The monoisotopic (exact) mass is 440 g/mol. The molecule has 1 aromatic carbocycles. The average Bonchev–Trinajstić information content (AvgIpc) is 2.65. The molecule has 1 heterocycles. The molecule has 6 nitrogen and oxygen atoms in total. The molecule has 2 aliphatic rings.